The molecule has 2 aromatic heterocycles. The van der Waals surface area contributed by atoms with Gasteiger partial charge in [-0.1, -0.05) is 0 Å². The standard InChI is InChI=1S/C13H17N3O2/c1-10-9-12(11(2)18-10)13(17)15(3)7-8-16-6-4-5-14-16/h4-6,9H,7-8H2,1-3H3. The molecule has 18 heavy (non-hydrogen) atoms. The van der Waals surface area contributed by atoms with Gasteiger partial charge in [-0.25, -0.2) is 0 Å². The van der Waals surface area contributed by atoms with E-state index in [-0.39, 0.29) is 5.91 Å². The maximum atomic E-state index is 12.2. The molecular weight excluding hydrogens is 230 g/mol. The Morgan fingerprint density at radius 1 is 1.50 bits per heavy atom. The summed E-state index contributed by atoms with van der Waals surface area (Å²) in [6.45, 7) is 4.95. The average Bonchev–Trinajstić information content (AvgIpc) is 2.94. The molecule has 0 aliphatic heterocycles. The number of furan rings is 1. The number of rotatable bonds is 4. The van der Waals surface area contributed by atoms with Crippen LogP contribution in [-0.2, 0) is 6.54 Å². The Morgan fingerprint density at radius 3 is 2.83 bits per heavy atom. The van der Waals surface area contributed by atoms with Gasteiger partial charge >= 0.3 is 0 Å². The molecule has 2 aromatic rings. The highest BCUT2D eigenvalue weighted by molar-refractivity contribution is 5.95. The summed E-state index contributed by atoms with van der Waals surface area (Å²) in [4.78, 5) is 13.9. The number of nitrogens with zero attached hydrogens (tertiary/aromatic N) is 3. The van der Waals surface area contributed by atoms with Crippen LogP contribution >= 0.6 is 0 Å². The summed E-state index contributed by atoms with van der Waals surface area (Å²) in [6.07, 6.45) is 3.61. The largest absolute Gasteiger partial charge is 0.466 e. The highest BCUT2D eigenvalue weighted by Gasteiger charge is 2.17. The summed E-state index contributed by atoms with van der Waals surface area (Å²) in [5, 5.41) is 4.10. The number of carbonyl (C=O) groups is 1. The van der Waals surface area contributed by atoms with Crippen LogP contribution in [0.4, 0.5) is 0 Å². The first-order valence-corrected chi connectivity index (χ1v) is 5.88. The van der Waals surface area contributed by atoms with Crippen molar-refractivity contribution in [2.45, 2.75) is 20.4 Å². The number of aromatic nitrogens is 2. The third-order valence-corrected chi connectivity index (χ3v) is 2.84. The van der Waals surface area contributed by atoms with Crippen LogP contribution in [0.3, 0.4) is 0 Å². The van der Waals surface area contributed by atoms with Gasteiger partial charge in [0.25, 0.3) is 5.91 Å². The van der Waals surface area contributed by atoms with Crippen molar-refractivity contribution in [2.24, 2.45) is 0 Å². The first kappa shape index (κ1) is 12.4. The first-order valence-electron chi connectivity index (χ1n) is 5.88. The van der Waals surface area contributed by atoms with Crippen LogP contribution in [0.1, 0.15) is 21.9 Å². The zero-order valence-corrected chi connectivity index (χ0v) is 10.9. The summed E-state index contributed by atoms with van der Waals surface area (Å²) in [5.41, 5.74) is 0.635. The van der Waals surface area contributed by atoms with E-state index in [4.69, 9.17) is 4.42 Å². The average molecular weight is 247 g/mol. The quantitative estimate of drug-likeness (QED) is 0.828. The molecule has 0 unspecified atom stereocenters. The number of hydrogen-bond acceptors (Lipinski definition) is 3. The van der Waals surface area contributed by atoms with Crippen LogP contribution in [0.2, 0.25) is 0 Å². The molecule has 0 saturated carbocycles. The van der Waals surface area contributed by atoms with Crippen molar-refractivity contribution < 1.29 is 9.21 Å². The number of amides is 1. The molecule has 2 rings (SSSR count). The molecule has 5 heteroatoms. The third-order valence-electron chi connectivity index (χ3n) is 2.84. The van der Waals surface area contributed by atoms with E-state index in [9.17, 15) is 4.79 Å². The van der Waals surface area contributed by atoms with Crippen LogP contribution in [0.25, 0.3) is 0 Å². The molecule has 0 aliphatic rings. The highest BCUT2D eigenvalue weighted by atomic mass is 16.3. The molecule has 0 fully saturated rings. The second kappa shape index (κ2) is 5.08. The van der Waals surface area contributed by atoms with Gasteiger partial charge in [-0.3, -0.25) is 9.48 Å². The van der Waals surface area contributed by atoms with Crippen molar-refractivity contribution in [2.75, 3.05) is 13.6 Å². The minimum absolute atomic E-state index is 0.0171. The van der Waals surface area contributed by atoms with Crippen molar-refractivity contribution in [3.63, 3.8) is 0 Å². The van der Waals surface area contributed by atoms with Crippen molar-refractivity contribution >= 4 is 5.91 Å². The van der Waals surface area contributed by atoms with Crippen LogP contribution in [-0.4, -0.2) is 34.2 Å². The van der Waals surface area contributed by atoms with E-state index >= 15 is 0 Å². The SMILES string of the molecule is Cc1cc(C(=O)N(C)CCn2cccn2)c(C)o1. The van der Waals surface area contributed by atoms with Gasteiger partial charge < -0.3 is 9.32 Å². The van der Waals surface area contributed by atoms with E-state index in [1.807, 2.05) is 26.1 Å². The lowest BCUT2D eigenvalue weighted by atomic mass is 10.2. The molecule has 1 amide bonds. The second-order valence-electron chi connectivity index (χ2n) is 4.32. The summed E-state index contributed by atoms with van der Waals surface area (Å²) >= 11 is 0. The number of carbonyl (C=O) groups excluding carboxylic acids is 1. The Morgan fingerprint density at radius 2 is 2.28 bits per heavy atom. The molecule has 0 saturated heterocycles. The molecule has 96 valence electrons. The molecule has 0 radical (unpaired) electrons. The molecule has 2 heterocycles. The van der Waals surface area contributed by atoms with Crippen molar-refractivity contribution in [1.82, 2.24) is 14.7 Å². The van der Waals surface area contributed by atoms with Crippen LogP contribution < -0.4 is 0 Å². The van der Waals surface area contributed by atoms with Crippen LogP contribution in [0.5, 0.6) is 0 Å². The van der Waals surface area contributed by atoms with Gasteiger partial charge in [0.2, 0.25) is 0 Å². The first-order chi connectivity index (χ1) is 8.58. The van der Waals surface area contributed by atoms with Crippen molar-refractivity contribution in [3.8, 4) is 0 Å². The van der Waals surface area contributed by atoms with E-state index in [0.29, 0.717) is 24.4 Å². The maximum absolute atomic E-state index is 12.2. The summed E-state index contributed by atoms with van der Waals surface area (Å²) in [7, 11) is 1.79. The number of aryl methyl sites for hydroxylation is 2. The zero-order valence-electron chi connectivity index (χ0n) is 10.9. The Kier molecular flexibility index (Phi) is 3.50. The van der Waals surface area contributed by atoms with E-state index < -0.39 is 0 Å². The van der Waals surface area contributed by atoms with Gasteiger partial charge in [0, 0.05) is 26.0 Å². The monoisotopic (exact) mass is 247 g/mol. The van der Waals surface area contributed by atoms with Crippen molar-refractivity contribution in [1.29, 1.82) is 0 Å². The Hall–Kier alpha value is -2.04. The van der Waals surface area contributed by atoms with Gasteiger partial charge in [0.15, 0.2) is 0 Å². The molecule has 0 N–H and O–H groups in total. The predicted molar refractivity (Wildman–Crippen MR) is 67.4 cm³/mol. The molecule has 0 atom stereocenters. The zero-order chi connectivity index (χ0) is 13.1. The van der Waals surface area contributed by atoms with Crippen molar-refractivity contribution in [3.05, 3.63) is 41.6 Å². The Balaban J connectivity index is 1.98. The molecule has 0 aliphatic carbocycles. The lowest BCUT2D eigenvalue weighted by Crippen LogP contribution is -2.30. The molecule has 5 nitrogen and oxygen atoms in total. The van der Waals surface area contributed by atoms with E-state index in [2.05, 4.69) is 5.10 Å². The minimum atomic E-state index is -0.0171. The lowest BCUT2D eigenvalue weighted by Gasteiger charge is -2.16. The van der Waals surface area contributed by atoms with Gasteiger partial charge in [0.05, 0.1) is 12.1 Å². The summed E-state index contributed by atoms with van der Waals surface area (Å²) in [6, 6.07) is 3.65. The summed E-state index contributed by atoms with van der Waals surface area (Å²) in [5.74, 6) is 1.41. The molecule has 0 aromatic carbocycles. The van der Waals surface area contributed by atoms with Gasteiger partial charge in [0.1, 0.15) is 11.5 Å². The normalized spacial score (nSPS) is 10.6. The Bertz CT molecular complexity index is 528. The maximum Gasteiger partial charge on any atom is 0.257 e. The molecule has 0 bridgehead atoms. The van der Waals surface area contributed by atoms with Crippen LogP contribution in [0, 0.1) is 13.8 Å². The van der Waals surface area contributed by atoms with E-state index in [1.165, 1.54) is 0 Å². The highest BCUT2D eigenvalue weighted by Crippen LogP contribution is 2.15. The molecule has 0 spiro atoms. The van der Waals surface area contributed by atoms with E-state index in [1.54, 1.807) is 28.9 Å². The number of hydrogen-bond donors (Lipinski definition) is 0. The smallest absolute Gasteiger partial charge is 0.257 e. The topological polar surface area (TPSA) is 51.3 Å². The third kappa shape index (κ3) is 2.61. The number of likely N-dealkylation sites (N-methyl/N-ethyl adjacent to an activating group) is 1. The fourth-order valence-corrected chi connectivity index (χ4v) is 1.84. The predicted octanol–water partition coefficient (Wildman–Crippen LogP) is 1.87. The Labute approximate surface area is 106 Å². The van der Waals surface area contributed by atoms with Gasteiger partial charge in [-0.2, -0.15) is 5.10 Å². The van der Waals surface area contributed by atoms with Gasteiger partial charge in [-0.15, -0.1) is 0 Å². The lowest BCUT2D eigenvalue weighted by molar-refractivity contribution is 0.0787. The second-order valence-corrected chi connectivity index (χ2v) is 4.32. The minimum Gasteiger partial charge on any atom is -0.466 e. The van der Waals surface area contributed by atoms with Crippen LogP contribution in [0.15, 0.2) is 28.9 Å². The van der Waals surface area contributed by atoms with Gasteiger partial charge in [-0.05, 0) is 26.0 Å². The fourth-order valence-electron chi connectivity index (χ4n) is 1.84. The molecular formula is C13H17N3O2. The van der Waals surface area contributed by atoms with E-state index in [0.717, 1.165) is 5.76 Å². The summed E-state index contributed by atoms with van der Waals surface area (Å²) < 4.78 is 7.17. The fraction of sp³-hybridized carbons (Fsp3) is 0.385.